The maximum atomic E-state index is 13.1. The average molecular weight is 478 g/mol. The van der Waals surface area contributed by atoms with Crippen molar-refractivity contribution in [2.45, 2.75) is 69.6 Å². The molecule has 2 aromatic heterocycles. The number of aromatic nitrogens is 2. The zero-order valence-electron chi connectivity index (χ0n) is 20.0. The predicted molar refractivity (Wildman–Crippen MR) is 132 cm³/mol. The van der Waals surface area contributed by atoms with Gasteiger partial charge in [0.2, 0.25) is 0 Å². The second kappa shape index (κ2) is 10.6. The van der Waals surface area contributed by atoms with Crippen LogP contribution in [0.4, 0.5) is 10.1 Å². The summed E-state index contributed by atoms with van der Waals surface area (Å²) in [4.78, 5) is 23.8. The summed E-state index contributed by atoms with van der Waals surface area (Å²) in [6.45, 7) is 3.75. The minimum absolute atomic E-state index is 0.0371. The van der Waals surface area contributed by atoms with Crippen molar-refractivity contribution in [1.29, 1.82) is 0 Å². The van der Waals surface area contributed by atoms with Gasteiger partial charge in [-0.05, 0) is 50.7 Å². The van der Waals surface area contributed by atoms with E-state index in [1.165, 1.54) is 12.8 Å². The maximum Gasteiger partial charge on any atom is 0.253 e. The minimum Gasteiger partial charge on any atom is -0.449 e. The third kappa shape index (κ3) is 5.89. The van der Waals surface area contributed by atoms with Crippen molar-refractivity contribution in [3.05, 3.63) is 66.4 Å². The Labute approximate surface area is 205 Å². The van der Waals surface area contributed by atoms with Gasteiger partial charge in [-0.15, -0.1) is 0 Å². The molecule has 5 rings (SSSR count). The number of hydrogen-bond donors (Lipinski definition) is 0. The molecule has 2 fully saturated rings. The fourth-order valence-electron chi connectivity index (χ4n) is 4.26. The number of benzene rings is 1. The zero-order valence-corrected chi connectivity index (χ0v) is 20.0. The molecular weight excluding hydrogens is 445 g/mol. The van der Waals surface area contributed by atoms with Gasteiger partial charge in [-0.25, -0.2) is 9.97 Å². The topological polar surface area (TPSA) is 72.4 Å². The van der Waals surface area contributed by atoms with Crippen molar-refractivity contribution < 1.29 is 18.0 Å². The van der Waals surface area contributed by atoms with Gasteiger partial charge in [0.25, 0.3) is 5.91 Å². The second-order valence-corrected chi connectivity index (χ2v) is 9.64. The zero-order chi connectivity index (χ0) is 24.2. The van der Waals surface area contributed by atoms with E-state index >= 15 is 0 Å². The third-order valence-electron chi connectivity index (χ3n) is 6.67. The van der Waals surface area contributed by atoms with Crippen LogP contribution in [0.1, 0.15) is 80.7 Å². The van der Waals surface area contributed by atoms with E-state index < -0.39 is 6.67 Å². The van der Waals surface area contributed by atoms with E-state index in [9.17, 15) is 9.18 Å². The highest BCUT2D eigenvalue weighted by Crippen LogP contribution is 2.41. The molecule has 35 heavy (non-hydrogen) atoms. The molecule has 6 nitrogen and oxygen atoms in total. The summed E-state index contributed by atoms with van der Waals surface area (Å²) in [5.41, 5.74) is 2.98. The van der Waals surface area contributed by atoms with Crippen molar-refractivity contribution in [3.8, 4) is 11.3 Å². The van der Waals surface area contributed by atoms with E-state index in [0.29, 0.717) is 24.1 Å². The lowest BCUT2D eigenvalue weighted by atomic mass is 10.1. The molecule has 1 aromatic carbocycles. The number of carbonyl (C=O) groups is 1. The predicted octanol–water partition coefficient (Wildman–Crippen LogP) is 6.75. The number of oxazole rings is 2. The highest BCUT2D eigenvalue weighted by molar-refractivity contribution is 6.05. The molecule has 7 heteroatoms. The molecule has 0 bridgehead atoms. The number of unbranched alkanes of at least 4 members (excludes halogenated alkanes) is 2. The van der Waals surface area contributed by atoms with Crippen LogP contribution in [-0.4, -0.2) is 29.1 Å². The molecule has 2 aliphatic rings. The summed E-state index contributed by atoms with van der Waals surface area (Å²) in [7, 11) is 0. The Bertz CT molecular complexity index is 1180. The quantitative estimate of drug-likeness (QED) is 0.201. The van der Waals surface area contributed by atoms with E-state index in [2.05, 4.69) is 16.5 Å². The van der Waals surface area contributed by atoms with Crippen LogP contribution >= 0.6 is 0 Å². The SMILES string of the molecule is C=C(CCF)C(=O)N(CCCCCc1nc(C2CC2)co1)c1cccc(-c2cnc(C3CC3)o2)c1. The van der Waals surface area contributed by atoms with Crippen LogP contribution in [0.25, 0.3) is 11.3 Å². The standard InChI is InChI=1S/C28H32FN3O3/c1-19(13-14-29)28(33)32(15-4-2-3-8-26-31-24(18-34-26)20-9-10-20)23-7-5-6-22(16-23)25-17-30-27(35-25)21-11-12-21/h5-7,16-18,20-21H,1-4,8-15H2. The van der Waals surface area contributed by atoms with Gasteiger partial charge in [-0.3, -0.25) is 9.18 Å². The first-order valence-corrected chi connectivity index (χ1v) is 12.7. The second-order valence-electron chi connectivity index (χ2n) is 9.64. The van der Waals surface area contributed by atoms with E-state index in [-0.39, 0.29) is 17.9 Å². The van der Waals surface area contributed by atoms with Gasteiger partial charge in [0.1, 0.15) is 6.26 Å². The maximum absolute atomic E-state index is 13.1. The van der Waals surface area contributed by atoms with Crippen molar-refractivity contribution in [1.82, 2.24) is 9.97 Å². The number of rotatable bonds is 13. The number of nitrogens with zero attached hydrogens (tertiary/aromatic N) is 3. The Morgan fingerprint density at radius 2 is 1.97 bits per heavy atom. The Hall–Kier alpha value is -3.22. The lowest BCUT2D eigenvalue weighted by Gasteiger charge is -2.24. The van der Waals surface area contributed by atoms with Gasteiger partial charge in [0.15, 0.2) is 17.5 Å². The molecule has 2 aliphatic carbocycles. The first-order valence-electron chi connectivity index (χ1n) is 12.7. The van der Waals surface area contributed by atoms with E-state index in [1.807, 2.05) is 24.3 Å². The van der Waals surface area contributed by atoms with Crippen LogP contribution in [0.2, 0.25) is 0 Å². The normalized spacial score (nSPS) is 15.3. The Morgan fingerprint density at radius 1 is 1.14 bits per heavy atom. The molecule has 184 valence electrons. The number of halogens is 1. The molecule has 0 radical (unpaired) electrons. The number of hydrogen-bond acceptors (Lipinski definition) is 5. The highest BCUT2D eigenvalue weighted by Gasteiger charge is 2.29. The van der Waals surface area contributed by atoms with Crippen molar-refractivity contribution in [3.63, 3.8) is 0 Å². The van der Waals surface area contributed by atoms with E-state index in [4.69, 9.17) is 8.83 Å². The van der Waals surface area contributed by atoms with Crippen LogP contribution < -0.4 is 4.90 Å². The van der Waals surface area contributed by atoms with Gasteiger partial charge in [0, 0.05) is 48.0 Å². The number of alkyl halides is 1. The molecule has 0 saturated heterocycles. The summed E-state index contributed by atoms with van der Waals surface area (Å²) in [5.74, 6) is 3.06. The molecule has 0 N–H and O–H groups in total. The fraction of sp³-hybridized carbons (Fsp3) is 0.464. The number of aryl methyl sites for hydroxylation is 1. The Morgan fingerprint density at radius 3 is 2.74 bits per heavy atom. The molecule has 0 unspecified atom stereocenters. The Kier molecular flexibility index (Phi) is 7.11. The molecule has 0 atom stereocenters. The Balaban J connectivity index is 1.22. The first-order chi connectivity index (χ1) is 17.1. The molecule has 2 heterocycles. The summed E-state index contributed by atoms with van der Waals surface area (Å²) in [6, 6.07) is 7.69. The van der Waals surface area contributed by atoms with Gasteiger partial charge in [-0.1, -0.05) is 25.1 Å². The molecule has 2 saturated carbocycles. The monoisotopic (exact) mass is 477 g/mol. The largest absolute Gasteiger partial charge is 0.449 e. The summed E-state index contributed by atoms with van der Waals surface area (Å²) >= 11 is 0. The van der Waals surface area contributed by atoms with Crippen LogP contribution in [-0.2, 0) is 11.2 Å². The lowest BCUT2D eigenvalue weighted by Crippen LogP contribution is -2.33. The third-order valence-corrected chi connectivity index (χ3v) is 6.67. The van der Waals surface area contributed by atoms with Crippen molar-refractivity contribution in [2.24, 2.45) is 0 Å². The minimum atomic E-state index is -0.598. The average Bonchev–Trinajstić information content (AvgIpc) is 3.81. The van der Waals surface area contributed by atoms with Crippen LogP contribution in [0.15, 0.2) is 57.7 Å². The molecule has 1 amide bonds. The summed E-state index contributed by atoms with van der Waals surface area (Å²) in [5, 5.41) is 0. The lowest BCUT2D eigenvalue weighted by molar-refractivity contribution is -0.115. The van der Waals surface area contributed by atoms with Crippen molar-refractivity contribution >= 4 is 11.6 Å². The van der Waals surface area contributed by atoms with E-state index in [1.54, 1.807) is 17.4 Å². The molecule has 0 aliphatic heterocycles. The first kappa shape index (κ1) is 23.5. The van der Waals surface area contributed by atoms with Gasteiger partial charge >= 0.3 is 0 Å². The number of amides is 1. The van der Waals surface area contributed by atoms with Crippen LogP contribution in [0, 0.1) is 0 Å². The van der Waals surface area contributed by atoms with E-state index in [0.717, 1.165) is 67.3 Å². The molecular formula is C28H32FN3O3. The van der Waals surface area contributed by atoms with Gasteiger partial charge in [-0.2, -0.15) is 0 Å². The van der Waals surface area contributed by atoms with Crippen LogP contribution in [0.3, 0.4) is 0 Å². The summed E-state index contributed by atoms with van der Waals surface area (Å²) < 4.78 is 24.5. The molecule has 0 spiro atoms. The highest BCUT2D eigenvalue weighted by atomic mass is 19.1. The summed E-state index contributed by atoms with van der Waals surface area (Å²) in [6.07, 6.45) is 11.7. The molecule has 3 aromatic rings. The van der Waals surface area contributed by atoms with Gasteiger partial charge < -0.3 is 13.7 Å². The smallest absolute Gasteiger partial charge is 0.253 e. The van der Waals surface area contributed by atoms with Crippen molar-refractivity contribution in [2.75, 3.05) is 18.1 Å². The fourth-order valence-corrected chi connectivity index (χ4v) is 4.26. The van der Waals surface area contributed by atoms with Gasteiger partial charge in [0.05, 0.1) is 18.6 Å². The number of carbonyl (C=O) groups excluding carboxylic acids is 1. The number of anilines is 1. The van der Waals surface area contributed by atoms with Crippen LogP contribution in [0.5, 0.6) is 0 Å².